The van der Waals surface area contributed by atoms with Gasteiger partial charge in [0.1, 0.15) is 0 Å². The van der Waals surface area contributed by atoms with Gasteiger partial charge in [0.2, 0.25) is 10.0 Å². The summed E-state index contributed by atoms with van der Waals surface area (Å²) in [5, 5.41) is -0.314. The normalized spacial score (nSPS) is 13.2. The Kier molecular flexibility index (Phi) is 4.92. The highest BCUT2D eigenvalue weighted by Gasteiger charge is 2.24. The molecular weight excluding hydrogens is 186 g/mol. The molecule has 80 valence electrons. The molecule has 0 amide bonds. The maximum Gasteiger partial charge on any atom is 0.216 e. The van der Waals surface area contributed by atoms with Crippen LogP contribution < -0.4 is 0 Å². The molecule has 0 saturated carbocycles. The zero-order chi connectivity index (χ0) is 10.6. The van der Waals surface area contributed by atoms with Crippen LogP contribution in [0.3, 0.4) is 0 Å². The van der Waals surface area contributed by atoms with Crippen LogP contribution in [-0.4, -0.2) is 31.1 Å². The van der Waals surface area contributed by atoms with Crippen molar-refractivity contribution in [3.8, 4) is 0 Å². The van der Waals surface area contributed by atoms with E-state index in [9.17, 15) is 8.42 Å². The minimum absolute atomic E-state index is 0.314. The van der Waals surface area contributed by atoms with Crippen molar-refractivity contribution in [1.29, 1.82) is 0 Å². The Morgan fingerprint density at radius 2 is 1.62 bits per heavy atom. The van der Waals surface area contributed by atoms with Crippen molar-refractivity contribution in [1.82, 2.24) is 4.31 Å². The molecule has 0 atom stereocenters. The summed E-state index contributed by atoms with van der Waals surface area (Å²) in [5.74, 6) is 0.383. The van der Waals surface area contributed by atoms with Crippen LogP contribution in [0.4, 0.5) is 0 Å². The standard InChI is InChI=1S/C9H21NO2S/c1-6-10(7-8(2)3)13(11,12)9(4)5/h8-9H,6-7H2,1-5H3. The summed E-state index contributed by atoms with van der Waals surface area (Å²) >= 11 is 0. The summed E-state index contributed by atoms with van der Waals surface area (Å²) in [5.41, 5.74) is 0. The summed E-state index contributed by atoms with van der Waals surface area (Å²) in [4.78, 5) is 0. The molecule has 3 nitrogen and oxygen atoms in total. The Morgan fingerprint density at radius 3 is 1.85 bits per heavy atom. The fourth-order valence-corrected chi connectivity index (χ4v) is 2.58. The van der Waals surface area contributed by atoms with E-state index in [0.29, 0.717) is 19.0 Å². The van der Waals surface area contributed by atoms with Crippen molar-refractivity contribution in [2.45, 2.75) is 39.9 Å². The second-order valence-electron chi connectivity index (χ2n) is 3.94. The van der Waals surface area contributed by atoms with Crippen LogP contribution in [0.5, 0.6) is 0 Å². The van der Waals surface area contributed by atoms with Gasteiger partial charge in [0.25, 0.3) is 0 Å². The van der Waals surface area contributed by atoms with Gasteiger partial charge in [-0.1, -0.05) is 20.8 Å². The van der Waals surface area contributed by atoms with Crippen LogP contribution in [0.2, 0.25) is 0 Å². The molecule has 0 aliphatic rings. The Balaban J connectivity index is 4.58. The van der Waals surface area contributed by atoms with Gasteiger partial charge >= 0.3 is 0 Å². The molecule has 13 heavy (non-hydrogen) atoms. The number of hydrogen-bond acceptors (Lipinski definition) is 2. The largest absolute Gasteiger partial charge is 0.216 e. The lowest BCUT2D eigenvalue weighted by molar-refractivity contribution is 0.377. The topological polar surface area (TPSA) is 37.4 Å². The molecule has 0 aromatic rings. The maximum atomic E-state index is 11.7. The highest BCUT2D eigenvalue weighted by atomic mass is 32.2. The quantitative estimate of drug-likeness (QED) is 0.688. The molecule has 0 radical (unpaired) electrons. The summed E-state index contributed by atoms with van der Waals surface area (Å²) in [7, 11) is -3.05. The van der Waals surface area contributed by atoms with Crippen molar-refractivity contribution >= 4 is 10.0 Å². The highest BCUT2D eigenvalue weighted by Crippen LogP contribution is 2.10. The number of nitrogens with zero attached hydrogens (tertiary/aromatic N) is 1. The average Bonchev–Trinajstić information content (AvgIpc) is 1.99. The van der Waals surface area contributed by atoms with Gasteiger partial charge in [-0.05, 0) is 19.8 Å². The van der Waals surface area contributed by atoms with Crippen molar-refractivity contribution < 1.29 is 8.42 Å². The van der Waals surface area contributed by atoms with Crippen LogP contribution >= 0.6 is 0 Å². The lowest BCUT2D eigenvalue weighted by atomic mass is 10.2. The molecule has 0 spiro atoms. The zero-order valence-electron chi connectivity index (χ0n) is 9.24. The predicted molar refractivity (Wildman–Crippen MR) is 56.1 cm³/mol. The second-order valence-corrected chi connectivity index (χ2v) is 6.43. The molecule has 0 saturated heterocycles. The molecule has 0 fully saturated rings. The molecule has 0 aromatic carbocycles. The zero-order valence-corrected chi connectivity index (χ0v) is 10.1. The van der Waals surface area contributed by atoms with Crippen molar-refractivity contribution in [2.75, 3.05) is 13.1 Å². The van der Waals surface area contributed by atoms with Gasteiger partial charge in [0.15, 0.2) is 0 Å². The third-order valence-electron chi connectivity index (χ3n) is 1.88. The van der Waals surface area contributed by atoms with Gasteiger partial charge in [-0.2, -0.15) is 0 Å². The molecule has 0 aliphatic carbocycles. The summed E-state index contributed by atoms with van der Waals surface area (Å²) < 4.78 is 25.0. The van der Waals surface area contributed by atoms with Gasteiger partial charge in [-0.15, -0.1) is 0 Å². The SMILES string of the molecule is CCN(CC(C)C)S(=O)(=O)C(C)C. The monoisotopic (exact) mass is 207 g/mol. The van der Waals surface area contributed by atoms with E-state index in [4.69, 9.17) is 0 Å². The molecule has 0 aliphatic heterocycles. The van der Waals surface area contributed by atoms with Crippen LogP contribution in [0.1, 0.15) is 34.6 Å². The molecular formula is C9H21NO2S. The summed E-state index contributed by atoms with van der Waals surface area (Å²) in [6.07, 6.45) is 0. The molecule has 0 rings (SSSR count). The van der Waals surface area contributed by atoms with Crippen molar-refractivity contribution in [2.24, 2.45) is 5.92 Å². The molecule has 4 heteroatoms. The van der Waals surface area contributed by atoms with E-state index in [2.05, 4.69) is 0 Å². The van der Waals surface area contributed by atoms with E-state index in [1.54, 1.807) is 18.2 Å². The Bertz CT molecular complexity index is 232. The van der Waals surface area contributed by atoms with Crippen molar-refractivity contribution in [3.63, 3.8) is 0 Å². The third-order valence-corrected chi connectivity index (χ3v) is 4.20. The van der Waals surface area contributed by atoms with Crippen LogP contribution in [-0.2, 0) is 10.0 Å². The first-order valence-corrected chi connectivity index (χ1v) is 6.31. The number of sulfonamides is 1. The van der Waals surface area contributed by atoms with Gasteiger partial charge in [-0.25, -0.2) is 12.7 Å². The predicted octanol–water partition coefficient (Wildman–Crippen LogP) is 1.70. The maximum absolute atomic E-state index is 11.7. The number of rotatable bonds is 5. The van der Waals surface area contributed by atoms with Gasteiger partial charge in [-0.3, -0.25) is 0 Å². The minimum atomic E-state index is -3.05. The summed E-state index contributed by atoms with van der Waals surface area (Å²) in [6.45, 7) is 10.6. The van der Waals surface area contributed by atoms with Gasteiger partial charge < -0.3 is 0 Å². The second kappa shape index (κ2) is 4.96. The van der Waals surface area contributed by atoms with E-state index in [0.717, 1.165) is 0 Å². The fourth-order valence-electron chi connectivity index (χ4n) is 1.12. The molecule has 0 heterocycles. The Labute approximate surface area is 82.2 Å². The molecule has 0 N–H and O–H groups in total. The molecule has 0 aromatic heterocycles. The highest BCUT2D eigenvalue weighted by molar-refractivity contribution is 7.89. The van der Waals surface area contributed by atoms with E-state index < -0.39 is 10.0 Å². The van der Waals surface area contributed by atoms with Crippen molar-refractivity contribution in [3.05, 3.63) is 0 Å². The van der Waals surface area contributed by atoms with Crippen LogP contribution in [0, 0.1) is 5.92 Å². The fraction of sp³-hybridized carbons (Fsp3) is 1.00. The van der Waals surface area contributed by atoms with E-state index in [-0.39, 0.29) is 5.25 Å². The molecule has 0 unspecified atom stereocenters. The average molecular weight is 207 g/mol. The number of hydrogen-bond donors (Lipinski definition) is 0. The van der Waals surface area contributed by atoms with E-state index >= 15 is 0 Å². The van der Waals surface area contributed by atoms with Crippen LogP contribution in [0.15, 0.2) is 0 Å². The summed E-state index contributed by atoms with van der Waals surface area (Å²) in [6, 6.07) is 0. The molecule has 0 bridgehead atoms. The first-order chi connectivity index (χ1) is 5.82. The van der Waals surface area contributed by atoms with Crippen LogP contribution in [0.25, 0.3) is 0 Å². The first-order valence-electron chi connectivity index (χ1n) is 4.81. The van der Waals surface area contributed by atoms with E-state index in [1.807, 2.05) is 20.8 Å². The smallest absolute Gasteiger partial charge is 0.212 e. The lowest BCUT2D eigenvalue weighted by Crippen LogP contribution is -2.38. The van der Waals surface area contributed by atoms with Gasteiger partial charge in [0.05, 0.1) is 5.25 Å². The Hall–Kier alpha value is -0.0900. The van der Waals surface area contributed by atoms with Gasteiger partial charge in [0, 0.05) is 13.1 Å². The minimum Gasteiger partial charge on any atom is -0.212 e. The third kappa shape index (κ3) is 3.65. The Morgan fingerprint density at radius 1 is 1.15 bits per heavy atom. The first kappa shape index (κ1) is 12.9. The lowest BCUT2D eigenvalue weighted by Gasteiger charge is -2.24. The van der Waals surface area contributed by atoms with E-state index in [1.165, 1.54) is 0 Å².